The van der Waals surface area contributed by atoms with E-state index in [2.05, 4.69) is 9.97 Å². The highest BCUT2D eigenvalue weighted by molar-refractivity contribution is 6.00. The van der Waals surface area contributed by atoms with E-state index < -0.39 is 5.97 Å². The van der Waals surface area contributed by atoms with Crippen LogP contribution in [0, 0.1) is 0 Å². The van der Waals surface area contributed by atoms with Crippen molar-refractivity contribution in [1.82, 2.24) is 19.1 Å². The number of H-pyrrole nitrogens is 1. The van der Waals surface area contributed by atoms with Crippen LogP contribution in [-0.4, -0.2) is 30.2 Å². The van der Waals surface area contributed by atoms with Gasteiger partial charge in [0.25, 0.3) is 0 Å². The predicted octanol–water partition coefficient (Wildman–Crippen LogP) is 1.49. The Morgan fingerprint density at radius 1 is 1.48 bits per heavy atom. The summed E-state index contributed by atoms with van der Waals surface area (Å²) in [5.74, 6) is -1.06. The molecule has 21 heavy (non-hydrogen) atoms. The van der Waals surface area contributed by atoms with Crippen molar-refractivity contribution in [1.29, 1.82) is 0 Å². The monoisotopic (exact) mass is 286 g/mol. The maximum atomic E-state index is 12.2. The summed E-state index contributed by atoms with van der Waals surface area (Å²) < 4.78 is 3.44. The van der Waals surface area contributed by atoms with Crippen LogP contribution in [0.4, 0.5) is 0 Å². The molecule has 2 heterocycles. The number of aromatic amines is 1. The largest absolute Gasteiger partial charge is 0.478 e. The molecule has 7 heteroatoms. The molecule has 0 aliphatic rings. The lowest BCUT2D eigenvalue weighted by atomic mass is 10.2. The summed E-state index contributed by atoms with van der Waals surface area (Å²) in [5.41, 5.74) is 0.726. The molecule has 0 spiro atoms. The van der Waals surface area contributed by atoms with Crippen molar-refractivity contribution in [3.05, 3.63) is 53.0 Å². The Hall–Kier alpha value is -2.83. The van der Waals surface area contributed by atoms with E-state index in [0.29, 0.717) is 17.6 Å². The van der Waals surface area contributed by atoms with Crippen LogP contribution < -0.4 is 5.69 Å². The van der Waals surface area contributed by atoms with Crippen LogP contribution in [0.3, 0.4) is 0 Å². The zero-order chi connectivity index (χ0) is 15.0. The molecule has 3 rings (SSSR count). The van der Waals surface area contributed by atoms with Crippen LogP contribution in [0.5, 0.6) is 0 Å². The van der Waals surface area contributed by atoms with Gasteiger partial charge in [0.05, 0.1) is 29.0 Å². The van der Waals surface area contributed by atoms with Gasteiger partial charge >= 0.3 is 11.7 Å². The molecule has 0 amide bonds. The highest BCUT2D eigenvalue weighted by atomic mass is 16.4. The van der Waals surface area contributed by atoms with Crippen LogP contribution in [-0.2, 0) is 6.54 Å². The predicted molar refractivity (Wildman–Crippen MR) is 76.5 cm³/mol. The molecular formula is C14H14N4O3. The number of aromatic carboxylic acids is 1. The van der Waals surface area contributed by atoms with Crippen LogP contribution in [0.2, 0.25) is 0 Å². The Balaban J connectivity index is 2.10. The average molecular weight is 286 g/mol. The fraction of sp³-hybridized carbons (Fsp3) is 0.214. The van der Waals surface area contributed by atoms with Gasteiger partial charge < -0.3 is 14.7 Å². The van der Waals surface area contributed by atoms with Crippen molar-refractivity contribution < 1.29 is 9.90 Å². The van der Waals surface area contributed by atoms with E-state index in [0.717, 1.165) is 0 Å². The molecule has 2 N–H and O–H groups in total. The fourth-order valence-electron chi connectivity index (χ4n) is 2.55. The fourth-order valence-corrected chi connectivity index (χ4v) is 2.55. The van der Waals surface area contributed by atoms with Crippen molar-refractivity contribution in [3.63, 3.8) is 0 Å². The number of carboxylic acid groups (broad SMARTS) is 1. The summed E-state index contributed by atoms with van der Waals surface area (Å²) in [6.07, 6.45) is 5.17. The van der Waals surface area contributed by atoms with E-state index in [4.69, 9.17) is 0 Å². The van der Waals surface area contributed by atoms with Crippen molar-refractivity contribution in [2.45, 2.75) is 19.5 Å². The first-order chi connectivity index (χ1) is 10.1. The van der Waals surface area contributed by atoms with Gasteiger partial charge in [0.1, 0.15) is 0 Å². The molecule has 0 radical (unpaired) electrons. The van der Waals surface area contributed by atoms with E-state index in [-0.39, 0.29) is 17.3 Å². The topological polar surface area (TPSA) is 92.9 Å². The highest BCUT2D eigenvalue weighted by Gasteiger charge is 2.17. The molecule has 1 aromatic carbocycles. The second-order valence-corrected chi connectivity index (χ2v) is 4.91. The summed E-state index contributed by atoms with van der Waals surface area (Å²) in [6, 6.07) is 4.72. The van der Waals surface area contributed by atoms with Gasteiger partial charge in [0.15, 0.2) is 0 Å². The number of nitrogens with one attached hydrogen (secondary N) is 1. The van der Waals surface area contributed by atoms with Crippen molar-refractivity contribution in [2.75, 3.05) is 0 Å². The first-order valence-corrected chi connectivity index (χ1v) is 6.50. The molecule has 3 aromatic rings. The number of para-hydroxylation sites is 1. The third-order valence-corrected chi connectivity index (χ3v) is 3.46. The Morgan fingerprint density at radius 3 is 2.95 bits per heavy atom. The van der Waals surface area contributed by atoms with Crippen LogP contribution in [0.25, 0.3) is 11.0 Å². The molecule has 1 unspecified atom stereocenters. The van der Waals surface area contributed by atoms with Crippen molar-refractivity contribution in [2.24, 2.45) is 0 Å². The molecule has 0 bridgehead atoms. The smallest absolute Gasteiger partial charge is 0.337 e. The number of rotatable bonds is 4. The molecule has 2 aromatic heterocycles. The minimum Gasteiger partial charge on any atom is -0.478 e. The van der Waals surface area contributed by atoms with E-state index in [1.807, 2.05) is 17.7 Å². The lowest BCUT2D eigenvalue weighted by Gasteiger charge is -2.14. The Bertz CT molecular complexity index is 845. The first-order valence-electron chi connectivity index (χ1n) is 6.50. The number of carboxylic acids is 1. The highest BCUT2D eigenvalue weighted by Crippen LogP contribution is 2.19. The number of benzene rings is 1. The SMILES string of the molecule is CC(Cn1ccnc1)n1c(=O)[nH]c2c(C(=O)O)cccc21. The van der Waals surface area contributed by atoms with Gasteiger partial charge in [-0.05, 0) is 19.1 Å². The van der Waals surface area contributed by atoms with Crippen molar-refractivity contribution >= 4 is 17.0 Å². The Labute approximate surface area is 119 Å². The molecule has 0 aliphatic carbocycles. The van der Waals surface area contributed by atoms with Gasteiger partial charge in [-0.2, -0.15) is 0 Å². The van der Waals surface area contributed by atoms with Crippen LogP contribution in [0.15, 0.2) is 41.7 Å². The van der Waals surface area contributed by atoms with Gasteiger partial charge in [-0.15, -0.1) is 0 Å². The second-order valence-electron chi connectivity index (χ2n) is 4.91. The number of hydrogen-bond acceptors (Lipinski definition) is 3. The standard InChI is InChI=1S/C14H14N4O3/c1-9(7-17-6-5-15-8-17)18-11-4-2-3-10(13(19)20)12(11)16-14(18)21/h2-6,8-9H,7H2,1H3,(H,16,21)(H,19,20). The molecule has 1 atom stereocenters. The van der Waals surface area contributed by atoms with E-state index in [1.165, 1.54) is 6.07 Å². The van der Waals surface area contributed by atoms with Gasteiger partial charge in [-0.1, -0.05) is 6.07 Å². The molecule has 0 saturated carbocycles. The molecule has 108 valence electrons. The van der Waals surface area contributed by atoms with E-state index in [1.54, 1.807) is 29.2 Å². The average Bonchev–Trinajstić information content (AvgIpc) is 3.03. The molecule has 7 nitrogen and oxygen atoms in total. The summed E-state index contributed by atoms with van der Waals surface area (Å²) in [4.78, 5) is 30.0. The third-order valence-electron chi connectivity index (χ3n) is 3.46. The summed E-state index contributed by atoms with van der Waals surface area (Å²) >= 11 is 0. The first kappa shape index (κ1) is 13.2. The lowest BCUT2D eigenvalue weighted by molar-refractivity contribution is 0.0699. The zero-order valence-corrected chi connectivity index (χ0v) is 11.4. The second kappa shape index (κ2) is 4.93. The number of nitrogens with zero attached hydrogens (tertiary/aromatic N) is 3. The zero-order valence-electron chi connectivity index (χ0n) is 11.4. The number of carbonyl (C=O) groups is 1. The van der Waals surface area contributed by atoms with Crippen LogP contribution in [0.1, 0.15) is 23.3 Å². The van der Waals surface area contributed by atoms with Gasteiger partial charge in [0.2, 0.25) is 0 Å². The minimum absolute atomic E-state index is 0.0955. The number of aromatic nitrogens is 4. The van der Waals surface area contributed by atoms with Gasteiger partial charge in [-0.25, -0.2) is 14.6 Å². The lowest BCUT2D eigenvalue weighted by Crippen LogP contribution is -2.23. The van der Waals surface area contributed by atoms with E-state index in [9.17, 15) is 14.7 Å². The summed E-state index contributed by atoms with van der Waals surface area (Å²) in [6.45, 7) is 2.48. The number of imidazole rings is 2. The Morgan fingerprint density at radius 2 is 2.29 bits per heavy atom. The van der Waals surface area contributed by atoms with Crippen LogP contribution >= 0.6 is 0 Å². The summed E-state index contributed by atoms with van der Waals surface area (Å²) in [5, 5.41) is 9.19. The normalized spacial score (nSPS) is 12.6. The minimum atomic E-state index is -1.06. The number of hydrogen-bond donors (Lipinski definition) is 2. The van der Waals surface area contributed by atoms with Gasteiger partial charge in [-0.3, -0.25) is 4.57 Å². The van der Waals surface area contributed by atoms with E-state index >= 15 is 0 Å². The maximum Gasteiger partial charge on any atom is 0.337 e. The maximum absolute atomic E-state index is 12.2. The van der Waals surface area contributed by atoms with Crippen molar-refractivity contribution in [3.8, 4) is 0 Å². The number of fused-ring (bicyclic) bond motifs is 1. The summed E-state index contributed by atoms with van der Waals surface area (Å²) in [7, 11) is 0. The molecule has 0 fully saturated rings. The van der Waals surface area contributed by atoms with Gasteiger partial charge in [0, 0.05) is 18.9 Å². The quantitative estimate of drug-likeness (QED) is 0.759. The molecule has 0 saturated heterocycles. The Kier molecular flexibility index (Phi) is 3.09. The molecular weight excluding hydrogens is 272 g/mol. The molecule has 0 aliphatic heterocycles. The third kappa shape index (κ3) is 2.22.